The first-order chi connectivity index (χ1) is 9.35. The molecule has 0 saturated heterocycles. The van der Waals surface area contributed by atoms with Crippen molar-refractivity contribution in [1.82, 2.24) is 4.72 Å². The summed E-state index contributed by atoms with van der Waals surface area (Å²) in [6.07, 6.45) is 1.28. The smallest absolute Gasteiger partial charge is 0.212 e. The number of sulfonamides is 1. The second-order valence-corrected chi connectivity index (χ2v) is 7.79. The lowest BCUT2D eigenvalue weighted by molar-refractivity contribution is 0.462. The summed E-state index contributed by atoms with van der Waals surface area (Å²) in [5, 5.41) is 0.640. The molecule has 1 unspecified atom stereocenters. The molecule has 114 valence electrons. The third-order valence-corrected chi connectivity index (χ3v) is 4.96. The van der Waals surface area contributed by atoms with Gasteiger partial charge in [-0.2, -0.15) is 0 Å². The number of hydrogen-bond donors (Lipinski definition) is 1. The van der Waals surface area contributed by atoms with Gasteiger partial charge in [0.1, 0.15) is 0 Å². The summed E-state index contributed by atoms with van der Waals surface area (Å²) in [4.78, 5) is 0. The van der Waals surface area contributed by atoms with Crippen LogP contribution in [-0.4, -0.2) is 20.1 Å². The fourth-order valence-corrected chi connectivity index (χ4v) is 3.71. The Labute approximate surface area is 131 Å². The van der Waals surface area contributed by atoms with Gasteiger partial charge in [0.25, 0.3) is 0 Å². The van der Waals surface area contributed by atoms with Gasteiger partial charge in [0.2, 0.25) is 10.0 Å². The van der Waals surface area contributed by atoms with E-state index in [0.717, 1.165) is 5.56 Å². The van der Waals surface area contributed by atoms with Crippen LogP contribution in [0.25, 0.3) is 0 Å². The van der Waals surface area contributed by atoms with E-state index < -0.39 is 10.0 Å². The van der Waals surface area contributed by atoms with Crippen LogP contribution < -0.4 is 4.72 Å². The van der Waals surface area contributed by atoms with Gasteiger partial charge in [0, 0.05) is 16.9 Å². The average Bonchev–Trinajstić information content (AvgIpc) is 2.37. The number of nitrogens with one attached hydrogen (secondary N) is 1. The standard InChI is InChI=1S/C14H21Cl2NO2S/c1-11(2)14(12-5-7-13(16)8-6-12)17-20(18,19)10-4-3-9-15/h5-8,11,14,17H,3-4,9-10H2,1-2H3. The fraction of sp³-hybridized carbons (Fsp3) is 0.571. The Balaban J connectivity index is 2.80. The highest BCUT2D eigenvalue weighted by atomic mass is 35.5. The molecule has 0 saturated carbocycles. The molecule has 20 heavy (non-hydrogen) atoms. The van der Waals surface area contributed by atoms with Crippen LogP contribution in [0.4, 0.5) is 0 Å². The minimum atomic E-state index is -3.30. The highest BCUT2D eigenvalue weighted by Crippen LogP contribution is 2.24. The number of hydrogen-bond acceptors (Lipinski definition) is 2. The highest BCUT2D eigenvalue weighted by molar-refractivity contribution is 7.89. The van der Waals surface area contributed by atoms with Crippen molar-refractivity contribution in [3.8, 4) is 0 Å². The van der Waals surface area contributed by atoms with E-state index in [1.807, 2.05) is 26.0 Å². The zero-order chi connectivity index (χ0) is 15.2. The van der Waals surface area contributed by atoms with E-state index in [0.29, 0.717) is 23.7 Å². The van der Waals surface area contributed by atoms with E-state index in [2.05, 4.69) is 4.72 Å². The lowest BCUT2D eigenvalue weighted by Crippen LogP contribution is -2.33. The van der Waals surface area contributed by atoms with Crippen molar-refractivity contribution in [2.24, 2.45) is 5.92 Å². The Bertz CT molecular complexity index is 500. The van der Waals surface area contributed by atoms with Gasteiger partial charge in [0.15, 0.2) is 0 Å². The SMILES string of the molecule is CC(C)C(NS(=O)(=O)CCCCCl)c1ccc(Cl)cc1. The van der Waals surface area contributed by atoms with Gasteiger partial charge >= 0.3 is 0 Å². The summed E-state index contributed by atoms with van der Waals surface area (Å²) >= 11 is 11.4. The Kier molecular flexibility index (Phi) is 7.30. The monoisotopic (exact) mass is 337 g/mol. The molecular formula is C14H21Cl2NO2S. The van der Waals surface area contributed by atoms with Crippen LogP contribution in [-0.2, 0) is 10.0 Å². The summed E-state index contributed by atoms with van der Waals surface area (Å²) in [7, 11) is -3.30. The number of benzene rings is 1. The maximum absolute atomic E-state index is 12.1. The van der Waals surface area contributed by atoms with E-state index in [9.17, 15) is 8.42 Å². The molecule has 1 aromatic rings. The lowest BCUT2D eigenvalue weighted by Gasteiger charge is -2.23. The molecule has 6 heteroatoms. The van der Waals surface area contributed by atoms with E-state index >= 15 is 0 Å². The molecule has 1 rings (SSSR count). The molecule has 0 heterocycles. The van der Waals surface area contributed by atoms with Crippen LogP contribution in [0.2, 0.25) is 5.02 Å². The van der Waals surface area contributed by atoms with Crippen molar-refractivity contribution in [3.63, 3.8) is 0 Å². The molecular weight excluding hydrogens is 317 g/mol. The van der Waals surface area contributed by atoms with E-state index in [4.69, 9.17) is 23.2 Å². The first kappa shape index (κ1) is 17.8. The molecule has 0 bridgehead atoms. The molecule has 1 atom stereocenters. The van der Waals surface area contributed by atoms with Gasteiger partial charge in [-0.25, -0.2) is 13.1 Å². The van der Waals surface area contributed by atoms with Crippen LogP contribution in [0.1, 0.15) is 38.3 Å². The Morgan fingerprint density at radius 1 is 1.15 bits per heavy atom. The predicted octanol–water partition coefficient (Wildman–Crippen LogP) is 3.98. The number of halogens is 2. The zero-order valence-electron chi connectivity index (χ0n) is 11.8. The first-order valence-electron chi connectivity index (χ1n) is 6.67. The lowest BCUT2D eigenvalue weighted by atomic mass is 9.97. The molecule has 1 N–H and O–H groups in total. The van der Waals surface area contributed by atoms with Gasteiger partial charge in [-0.3, -0.25) is 0 Å². The Hall–Kier alpha value is -0.290. The maximum atomic E-state index is 12.1. The average molecular weight is 338 g/mol. The minimum absolute atomic E-state index is 0.108. The predicted molar refractivity (Wildman–Crippen MR) is 85.9 cm³/mol. The molecule has 0 spiro atoms. The van der Waals surface area contributed by atoms with E-state index in [1.54, 1.807) is 12.1 Å². The van der Waals surface area contributed by atoms with Gasteiger partial charge in [-0.1, -0.05) is 37.6 Å². The summed E-state index contributed by atoms with van der Waals surface area (Å²) in [6.45, 7) is 3.97. The summed E-state index contributed by atoms with van der Waals surface area (Å²) in [5.41, 5.74) is 0.922. The molecule has 0 fully saturated rings. The van der Waals surface area contributed by atoms with Gasteiger partial charge in [0.05, 0.1) is 5.75 Å². The zero-order valence-corrected chi connectivity index (χ0v) is 14.1. The third-order valence-electron chi connectivity index (χ3n) is 3.00. The van der Waals surface area contributed by atoms with Crippen molar-refractivity contribution in [1.29, 1.82) is 0 Å². The first-order valence-corrected chi connectivity index (χ1v) is 9.23. The summed E-state index contributed by atoms with van der Waals surface area (Å²) in [5.74, 6) is 0.746. The normalized spacial score (nSPS) is 13.7. The van der Waals surface area contributed by atoms with Crippen LogP contribution in [0, 0.1) is 5.92 Å². The highest BCUT2D eigenvalue weighted by Gasteiger charge is 2.22. The van der Waals surface area contributed by atoms with Crippen LogP contribution in [0.3, 0.4) is 0 Å². The van der Waals surface area contributed by atoms with Crippen LogP contribution in [0.15, 0.2) is 24.3 Å². The van der Waals surface area contributed by atoms with E-state index in [-0.39, 0.29) is 17.7 Å². The summed E-state index contributed by atoms with van der Waals surface area (Å²) < 4.78 is 26.9. The summed E-state index contributed by atoms with van der Waals surface area (Å²) in [6, 6.07) is 7.01. The fourth-order valence-electron chi connectivity index (χ4n) is 1.90. The van der Waals surface area contributed by atoms with Crippen molar-refractivity contribution < 1.29 is 8.42 Å². The Morgan fingerprint density at radius 2 is 1.75 bits per heavy atom. The molecule has 0 aromatic heterocycles. The van der Waals surface area contributed by atoms with E-state index in [1.165, 1.54) is 0 Å². The topological polar surface area (TPSA) is 46.2 Å². The van der Waals surface area contributed by atoms with Crippen molar-refractivity contribution in [3.05, 3.63) is 34.9 Å². The largest absolute Gasteiger partial charge is 0.212 e. The third kappa shape index (κ3) is 6.00. The molecule has 0 amide bonds. The second-order valence-electron chi connectivity index (χ2n) is 5.11. The molecule has 1 aromatic carbocycles. The number of alkyl halides is 1. The molecule has 0 aliphatic rings. The number of rotatable bonds is 8. The van der Waals surface area contributed by atoms with Gasteiger partial charge in [-0.15, -0.1) is 11.6 Å². The second kappa shape index (κ2) is 8.23. The molecule has 0 aliphatic heterocycles. The van der Waals surface area contributed by atoms with Gasteiger partial charge in [-0.05, 0) is 36.5 Å². The minimum Gasteiger partial charge on any atom is -0.212 e. The molecule has 0 radical (unpaired) electrons. The van der Waals surface area contributed by atoms with Crippen molar-refractivity contribution in [2.75, 3.05) is 11.6 Å². The molecule has 0 aliphatic carbocycles. The van der Waals surface area contributed by atoms with Crippen molar-refractivity contribution >= 4 is 33.2 Å². The quantitative estimate of drug-likeness (QED) is 0.576. The van der Waals surface area contributed by atoms with Crippen molar-refractivity contribution in [2.45, 2.75) is 32.7 Å². The van der Waals surface area contributed by atoms with Crippen LogP contribution in [0.5, 0.6) is 0 Å². The number of unbranched alkanes of at least 4 members (excludes halogenated alkanes) is 1. The maximum Gasteiger partial charge on any atom is 0.212 e. The van der Waals surface area contributed by atoms with Gasteiger partial charge < -0.3 is 0 Å². The van der Waals surface area contributed by atoms with Crippen LogP contribution >= 0.6 is 23.2 Å². The molecule has 3 nitrogen and oxygen atoms in total. The Morgan fingerprint density at radius 3 is 2.25 bits per heavy atom.